The maximum atomic E-state index is 11.1. The molecule has 0 radical (unpaired) electrons. The summed E-state index contributed by atoms with van der Waals surface area (Å²) in [5.74, 6) is 0.415. The third-order valence-electron chi connectivity index (χ3n) is 1.96. The van der Waals surface area contributed by atoms with Crippen molar-refractivity contribution < 1.29 is 13.2 Å². The Labute approximate surface area is 98.8 Å². The second kappa shape index (κ2) is 4.10. The van der Waals surface area contributed by atoms with Crippen molar-refractivity contribution in [3.63, 3.8) is 0 Å². The van der Waals surface area contributed by atoms with Crippen LogP contribution in [-0.2, 0) is 10.0 Å². The Morgan fingerprint density at radius 3 is 2.75 bits per heavy atom. The first-order valence-electron chi connectivity index (χ1n) is 4.73. The van der Waals surface area contributed by atoms with Crippen LogP contribution in [0.3, 0.4) is 0 Å². The van der Waals surface area contributed by atoms with Crippen LogP contribution in [0.5, 0.6) is 5.75 Å². The molecular weight excluding hydrogens is 252 g/mol. The molecule has 1 aromatic rings. The summed E-state index contributed by atoms with van der Waals surface area (Å²) in [6.45, 7) is 0. The molecule has 0 saturated heterocycles. The molecule has 1 aliphatic rings. The highest BCUT2D eigenvalue weighted by atomic mass is 35.5. The fourth-order valence-corrected chi connectivity index (χ4v) is 1.94. The Morgan fingerprint density at radius 1 is 1.50 bits per heavy atom. The van der Waals surface area contributed by atoms with Crippen molar-refractivity contribution in [2.75, 3.05) is 11.0 Å². The summed E-state index contributed by atoms with van der Waals surface area (Å²) >= 11 is 5.99. The van der Waals surface area contributed by atoms with Crippen molar-refractivity contribution in [1.29, 1.82) is 0 Å². The minimum atomic E-state index is -3.36. The van der Waals surface area contributed by atoms with Crippen LogP contribution in [0.2, 0.25) is 5.02 Å². The smallest absolute Gasteiger partial charge is 0.229 e. The van der Waals surface area contributed by atoms with E-state index in [0.717, 1.165) is 19.1 Å². The van der Waals surface area contributed by atoms with Gasteiger partial charge < -0.3 is 4.74 Å². The van der Waals surface area contributed by atoms with E-state index in [9.17, 15) is 8.42 Å². The molecule has 0 aromatic carbocycles. The maximum Gasteiger partial charge on any atom is 0.229 e. The highest BCUT2D eigenvalue weighted by Crippen LogP contribution is 2.35. The molecule has 0 amide bonds. The van der Waals surface area contributed by atoms with Crippen LogP contribution in [0.25, 0.3) is 0 Å². The van der Waals surface area contributed by atoms with Crippen molar-refractivity contribution in [2.24, 2.45) is 0 Å². The minimum Gasteiger partial charge on any atom is -0.487 e. The van der Waals surface area contributed by atoms with Crippen molar-refractivity contribution in [1.82, 2.24) is 4.98 Å². The van der Waals surface area contributed by atoms with Gasteiger partial charge in [0.25, 0.3) is 0 Å². The number of pyridine rings is 1. The number of nitrogens with one attached hydrogen (secondary N) is 1. The maximum absolute atomic E-state index is 11.1. The molecule has 1 saturated carbocycles. The Morgan fingerprint density at radius 2 is 2.19 bits per heavy atom. The summed E-state index contributed by atoms with van der Waals surface area (Å²) in [6, 6.07) is 0. The van der Waals surface area contributed by atoms with Gasteiger partial charge in [0, 0.05) is 0 Å². The number of ether oxygens (including phenoxy) is 1. The SMILES string of the molecule is CS(=O)(=O)Nc1cncc(OC2CC2)c1Cl. The van der Waals surface area contributed by atoms with E-state index in [0.29, 0.717) is 5.75 Å². The fraction of sp³-hybridized carbons (Fsp3) is 0.444. The molecule has 5 nitrogen and oxygen atoms in total. The molecule has 1 aromatic heterocycles. The largest absolute Gasteiger partial charge is 0.487 e. The van der Waals surface area contributed by atoms with Gasteiger partial charge >= 0.3 is 0 Å². The van der Waals surface area contributed by atoms with Crippen LogP contribution in [0.15, 0.2) is 12.4 Å². The molecule has 0 unspecified atom stereocenters. The monoisotopic (exact) mass is 262 g/mol. The Bertz CT molecular complexity index is 499. The van der Waals surface area contributed by atoms with Crippen molar-refractivity contribution in [2.45, 2.75) is 18.9 Å². The zero-order valence-electron chi connectivity index (χ0n) is 8.60. The highest BCUT2D eigenvalue weighted by Gasteiger charge is 2.25. The number of halogens is 1. The molecule has 88 valence electrons. The molecule has 0 atom stereocenters. The lowest BCUT2D eigenvalue weighted by Gasteiger charge is -2.10. The Balaban J connectivity index is 2.24. The average Bonchev–Trinajstić information content (AvgIpc) is 2.93. The molecule has 1 heterocycles. The van der Waals surface area contributed by atoms with Crippen LogP contribution >= 0.6 is 11.6 Å². The molecule has 0 spiro atoms. The van der Waals surface area contributed by atoms with Gasteiger partial charge in [-0.25, -0.2) is 8.42 Å². The lowest BCUT2D eigenvalue weighted by molar-refractivity contribution is 0.302. The van der Waals surface area contributed by atoms with Crippen molar-refractivity contribution >= 4 is 27.3 Å². The molecular formula is C9H11ClN2O3S. The van der Waals surface area contributed by atoms with Crippen molar-refractivity contribution in [3.8, 4) is 5.75 Å². The van der Waals surface area contributed by atoms with Crippen LogP contribution in [0.1, 0.15) is 12.8 Å². The number of anilines is 1. The summed E-state index contributed by atoms with van der Waals surface area (Å²) in [5.41, 5.74) is 0.238. The molecule has 1 fully saturated rings. The Hall–Kier alpha value is -1.01. The summed E-state index contributed by atoms with van der Waals surface area (Å²) < 4.78 is 29.9. The number of rotatable bonds is 4. The standard InChI is InChI=1S/C9H11ClN2O3S/c1-16(13,14)12-7-4-11-5-8(9(7)10)15-6-2-3-6/h4-6,12H,2-3H2,1H3. The van der Waals surface area contributed by atoms with Crippen molar-refractivity contribution in [3.05, 3.63) is 17.4 Å². The summed E-state index contributed by atoms with van der Waals surface area (Å²) in [6.07, 6.45) is 6.07. The highest BCUT2D eigenvalue weighted by molar-refractivity contribution is 7.92. The number of sulfonamides is 1. The molecule has 2 rings (SSSR count). The average molecular weight is 263 g/mol. The van der Waals surface area contributed by atoms with Gasteiger partial charge in [-0.2, -0.15) is 0 Å². The summed E-state index contributed by atoms with van der Waals surface area (Å²) in [4.78, 5) is 3.87. The predicted octanol–water partition coefficient (Wildman–Crippen LogP) is 1.65. The third kappa shape index (κ3) is 2.99. The third-order valence-corrected chi connectivity index (χ3v) is 2.94. The number of aromatic nitrogens is 1. The van der Waals surface area contributed by atoms with E-state index in [2.05, 4.69) is 9.71 Å². The van der Waals surface area contributed by atoms with E-state index >= 15 is 0 Å². The fourth-order valence-electron chi connectivity index (χ4n) is 1.14. The zero-order chi connectivity index (χ0) is 11.8. The van der Waals surface area contributed by atoms with E-state index in [1.807, 2.05) is 0 Å². The van der Waals surface area contributed by atoms with Crippen LogP contribution < -0.4 is 9.46 Å². The van der Waals surface area contributed by atoms with Crippen LogP contribution in [0.4, 0.5) is 5.69 Å². The van der Waals surface area contributed by atoms with E-state index < -0.39 is 10.0 Å². The topological polar surface area (TPSA) is 68.3 Å². The lowest BCUT2D eigenvalue weighted by Crippen LogP contribution is -2.10. The molecule has 0 aliphatic heterocycles. The van der Waals surface area contributed by atoms with E-state index in [-0.39, 0.29) is 16.8 Å². The summed E-state index contributed by atoms with van der Waals surface area (Å²) in [5, 5.41) is 0.243. The molecule has 1 N–H and O–H groups in total. The zero-order valence-corrected chi connectivity index (χ0v) is 10.2. The molecule has 7 heteroatoms. The molecule has 0 bridgehead atoms. The van der Waals surface area contributed by atoms with Gasteiger partial charge in [-0.05, 0) is 12.8 Å². The number of nitrogens with zero attached hydrogens (tertiary/aromatic N) is 1. The quantitative estimate of drug-likeness (QED) is 0.896. The van der Waals surface area contributed by atoms with Gasteiger partial charge in [0.15, 0.2) is 5.75 Å². The predicted molar refractivity (Wildman–Crippen MR) is 61.4 cm³/mol. The first kappa shape index (κ1) is 11.5. The molecule has 16 heavy (non-hydrogen) atoms. The van der Waals surface area contributed by atoms with E-state index in [1.165, 1.54) is 12.4 Å². The second-order valence-corrected chi connectivity index (χ2v) is 5.82. The molecule has 1 aliphatic carbocycles. The van der Waals surface area contributed by atoms with Gasteiger partial charge in [0.05, 0.1) is 30.4 Å². The van der Waals surface area contributed by atoms with Gasteiger partial charge in [-0.15, -0.1) is 0 Å². The second-order valence-electron chi connectivity index (χ2n) is 3.69. The van der Waals surface area contributed by atoms with E-state index in [1.54, 1.807) is 0 Å². The first-order chi connectivity index (χ1) is 7.46. The lowest BCUT2D eigenvalue weighted by atomic mass is 10.4. The van der Waals surface area contributed by atoms with Gasteiger partial charge in [0.1, 0.15) is 5.02 Å². The van der Waals surface area contributed by atoms with Crippen LogP contribution in [-0.4, -0.2) is 25.8 Å². The number of hydrogen-bond donors (Lipinski definition) is 1. The minimum absolute atomic E-state index is 0.188. The Kier molecular flexibility index (Phi) is 2.94. The van der Waals surface area contributed by atoms with Crippen LogP contribution in [0, 0.1) is 0 Å². The van der Waals surface area contributed by atoms with E-state index in [4.69, 9.17) is 16.3 Å². The normalized spacial score (nSPS) is 15.9. The summed E-state index contributed by atoms with van der Waals surface area (Å²) in [7, 11) is -3.36. The first-order valence-corrected chi connectivity index (χ1v) is 7.00. The van der Waals surface area contributed by atoms with Gasteiger partial charge in [0.2, 0.25) is 10.0 Å². The number of hydrogen-bond acceptors (Lipinski definition) is 4. The van der Waals surface area contributed by atoms with Gasteiger partial charge in [-0.1, -0.05) is 11.6 Å². The van der Waals surface area contributed by atoms with Gasteiger partial charge in [-0.3, -0.25) is 9.71 Å².